The molecule has 3 rings (SSSR count). The molecule has 31 heavy (non-hydrogen) atoms. The molecule has 1 heterocycles. The van der Waals surface area contributed by atoms with E-state index in [-0.39, 0.29) is 17.1 Å². The Balaban J connectivity index is 2.10. The molecule has 1 atom stereocenters. The smallest absolute Gasteiger partial charge is 0.295 e. The lowest BCUT2D eigenvalue weighted by Gasteiger charge is -2.26. The highest BCUT2D eigenvalue weighted by molar-refractivity contribution is 6.46. The first kappa shape index (κ1) is 22.4. The van der Waals surface area contributed by atoms with Gasteiger partial charge in [0.1, 0.15) is 17.3 Å². The van der Waals surface area contributed by atoms with Crippen LogP contribution in [0.25, 0.3) is 5.76 Å². The van der Waals surface area contributed by atoms with Crippen LogP contribution in [0.1, 0.15) is 30.5 Å². The summed E-state index contributed by atoms with van der Waals surface area (Å²) in [5.74, 6) is -1.09. The number of likely N-dealkylation sites (N-methyl/N-ethyl adjacent to an activating group) is 1. The van der Waals surface area contributed by atoms with Crippen LogP contribution in [-0.4, -0.2) is 65.5 Å². The summed E-state index contributed by atoms with van der Waals surface area (Å²) in [5.41, 5.74) is 0.948. The second kappa shape index (κ2) is 9.66. The normalized spacial score (nSPS) is 18.1. The van der Waals surface area contributed by atoms with E-state index in [0.29, 0.717) is 36.6 Å². The van der Waals surface area contributed by atoms with Crippen LogP contribution >= 0.6 is 0 Å². The Bertz CT molecular complexity index is 999. The average molecular weight is 424 g/mol. The number of hydrogen-bond donors (Lipinski definition) is 2. The third-order valence-corrected chi connectivity index (χ3v) is 5.09. The molecule has 1 saturated heterocycles. The SMILES string of the molecule is CCCOc1cccc(/C(O)=C2\C(=O)C(=O)N(CCN(C)C)C2c2cccc(O)c2)c1. The Labute approximate surface area is 182 Å². The number of rotatable bonds is 8. The summed E-state index contributed by atoms with van der Waals surface area (Å²) < 4.78 is 5.64. The zero-order valence-electron chi connectivity index (χ0n) is 18.0. The van der Waals surface area contributed by atoms with E-state index in [1.165, 1.54) is 17.0 Å². The second-order valence-corrected chi connectivity index (χ2v) is 7.77. The van der Waals surface area contributed by atoms with Crippen molar-refractivity contribution in [2.24, 2.45) is 0 Å². The maximum Gasteiger partial charge on any atom is 0.295 e. The topological polar surface area (TPSA) is 90.3 Å². The van der Waals surface area contributed by atoms with E-state index in [4.69, 9.17) is 4.74 Å². The number of carbonyl (C=O) groups is 2. The summed E-state index contributed by atoms with van der Waals surface area (Å²) in [7, 11) is 3.75. The molecule has 0 aromatic heterocycles. The molecule has 0 aliphatic carbocycles. The Morgan fingerprint density at radius 1 is 1.13 bits per heavy atom. The number of benzene rings is 2. The molecule has 1 aliphatic heterocycles. The summed E-state index contributed by atoms with van der Waals surface area (Å²) in [6.45, 7) is 3.37. The van der Waals surface area contributed by atoms with Crippen molar-refractivity contribution >= 4 is 17.4 Å². The van der Waals surface area contributed by atoms with Gasteiger partial charge in [0, 0.05) is 18.7 Å². The number of carbonyl (C=O) groups excluding carboxylic acids is 2. The summed E-state index contributed by atoms with van der Waals surface area (Å²) >= 11 is 0. The van der Waals surface area contributed by atoms with Crippen LogP contribution in [-0.2, 0) is 9.59 Å². The number of phenols is 1. The number of likely N-dealkylation sites (tertiary alicyclic amines) is 1. The molecule has 7 nitrogen and oxygen atoms in total. The van der Waals surface area contributed by atoms with Gasteiger partial charge in [-0.3, -0.25) is 9.59 Å². The van der Waals surface area contributed by atoms with Crippen molar-refractivity contribution in [1.29, 1.82) is 0 Å². The average Bonchev–Trinajstić information content (AvgIpc) is 3.00. The van der Waals surface area contributed by atoms with Gasteiger partial charge in [0.25, 0.3) is 11.7 Å². The molecule has 1 unspecified atom stereocenters. The molecule has 2 aromatic carbocycles. The molecule has 1 fully saturated rings. The molecular weight excluding hydrogens is 396 g/mol. The van der Waals surface area contributed by atoms with Crippen molar-refractivity contribution in [2.75, 3.05) is 33.8 Å². The lowest BCUT2D eigenvalue weighted by atomic mass is 9.95. The Kier molecular flexibility index (Phi) is 6.97. The van der Waals surface area contributed by atoms with Gasteiger partial charge in [-0.05, 0) is 50.3 Å². The lowest BCUT2D eigenvalue weighted by Crippen LogP contribution is -2.35. The molecule has 1 aliphatic rings. The van der Waals surface area contributed by atoms with Gasteiger partial charge in [0.05, 0.1) is 18.2 Å². The summed E-state index contributed by atoms with van der Waals surface area (Å²) in [6.07, 6.45) is 0.838. The third kappa shape index (κ3) is 4.88. The Hall–Kier alpha value is -3.32. The van der Waals surface area contributed by atoms with Gasteiger partial charge in [-0.2, -0.15) is 0 Å². The molecule has 2 N–H and O–H groups in total. The minimum absolute atomic E-state index is 0.00185. The first-order chi connectivity index (χ1) is 14.8. The highest BCUT2D eigenvalue weighted by Crippen LogP contribution is 2.40. The highest BCUT2D eigenvalue weighted by atomic mass is 16.5. The predicted octanol–water partition coefficient (Wildman–Crippen LogP) is 3.16. The number of hydrogen-bond acceptors (Lipinski definition) is 6. The van der Waals surface area contributed by atoms with Gasteiger partial charge in [0.15, 0.2) is 0 Å². The van der Waals surface area contributed by atoms with Crippen molar-refractivity contribution in [3.8, 4) is 11.5 Å². The molecule has 0 saturated carbocycles. The van der Waals surface area contributed by atoms with E-state index in [1.807, 2.05) is 25.9 Å². The van der Waals surface area contributed by atoms with Crippen molar-refractivity contribution in [2.45, 2.75) is 19.4 Å². The van der Waals surface area contributed by atoms with Crippen LogP contribution < -0.4 is 4.74 Å². The first-order valence-corrected chi connectivity index (χ1v) is 10.3. The van der Waals surface area contributed by atoms with E-state index in [0.717, 1.165) is 6.42 Å². The van der Waals surface area contributed by atoms with E-state index < -0.39 is 17.7 Å². The fourth-order valence-corrected chi connectivity index (χ4v) is 3.57. The fraction of sp³-hybridized carbons (Fsp3) is 0.333. The van der Waals surface area contributed by atoms with Crippen LogP contribution in [0.4, 0.5) is 0 Å². The van der Waals surface area contributed by atoms with Gasteiger partial charge < -0.3 is 24.7 Å². The van der Waals surface area contributed by atoms with Gasteiger partial charge >= 0.3 is 0 Å². The molecule has 0 radical (unpaired) electrons. The summed E-state index contributed by atoms with van der Waals surface area (Å²) in [4.78, 5) is 29.2. The Morgan fingerprint density at radius 3 is 2.55 bits per heavy atom. The van der Waals surface area contributed by atoms with E-state index in [1.54, 1.807) is 36.4 Å². The van der Waals surface area contributed by atoms with Gasteiger partial charge in [-0.25, -0.2) is 0 Å². The first-order valence-electron chi connectivity index (χ1n) is 10.3. The van der Waals surface area contributed by atoms with Crippen LogP contribution in [0.3, 0.4) is 0 Å². The van der Waals surface area contributed by atoms with Gasteiger partial charge in [-0.1, -0.05) is 31.2 Å². The molecule has 7 heteroatoms. The molecule has 0 bridgehead atoms. The maximum absolute atomic E-state index is 13.0. The monoisotopic (exact) mass is 424 g/mol. The fourth-order valence-electron chi connectivity index (χ4n) is 3.57. The minimum Gasteiger partial charge on any atom is -0.508 e. The number of aromatic hydroxyl groups is 1. The van der Waals surface area contributed by atoms with Gasteiger partial charge in [-0.15, -0.1) is 0 Å². The predicted molar refractivity (Wildman–Crippen MR) is 118 cm³/mol. The van der Waals surface area contributed by atoms with Crippen molar-refractivity contribution in [3.63, 3.8) is 0 Å². The molecule has 164 valence electrons. The number of ether oxygens (including phenoxy) is 1. The number of amides is 1. The number of Topliss-reactive ketones (excluding diaryl/α,β-unsaturated/α-hetero) is 1. The van der Waals surface area contributed by atoms with Crippen LogP contribution in [0.5, 0.6) is 11.5 Å². The van der Waals surface area contributed by atoms with Crippen molar-refractivity contribution in [3.05, 3.63) is 65.2 Å². The lowest BCUT2D eigenvalue weighted by molar-refractivity contribution is -0.140. The largest absolute Gasteiger partial charge is 0.508 e. The molecule has 2 aromatic rings. The number of phenolic OH excluding ortho intramolecular Hbond substituents is 1. The van der Waals surface area contributed by atoms with E-state index in [9.17, 15) is 19.8 Å². The zero-order chi connectivity index (χ0) is 22.5. The van der Waals surface area contributed by atoms with Crippen molar-refractivity contribution in [1.82, 2.24) is 9.80 Å². The van der Waals surface area contributed by atoms with E-state index in [2.05, 4.69) is 0 Å². The molecular formula is C24H28N2O5. The quantitative estimate of drug-likeness (QED) is 0.384. The molecule has 1 amide bonds. The highest BCUT2D eigenvalue weighted by Gasteiger charge is 2.46. The number of aliphatic hydroxyl groups is 1. The van der Waals surface area contributed by atoms with Crippen LogP contribution in [0.15, 0.2) is 54.1 Å². The van der Waals surface area contributed by atoms with E-state index >= 15 is 0 Å². The van der Waals surface area contributed by atoms with Crippen LogP contribution in [0.2, 0.25) is 0 Å². The zero-order valence-corrected chi connectivity index (χ0v) is 18.0. The maximum atomic E-state index is 13.0. The van der Waals surface area contributed by atoms with Crippen molar-refractivity contribution < 1.29 is 24.5 Å². The summed E-state index contributed by atoms with van der Waals surface area (Å²) in [5, 5.41) is 21.1. The standard InChI is InChI=1S/C24H28N2O5/c1-4-13-31-19-10-6-8-17(15-19)22(28)20-21(16-7-5-9-18(27)14-16)26(12-11-25(2)3)24(30)23(20)29/h5-10,14-15,21,27-28H,4,11-13H2,1-3H3/b22-20+. The summed E-state index contributed by atoms with van der Waals surface area (Å²) in [6, 6.07) is 12.4. The molecule has 0 spiro atoms. The number of nitrogens with zero attached hydrogens (tertiary/aromatic N) is 2. The third-order valence-electron chi connectivity index (χ3n) is 5.09. The Morgan fingerprint density at radius 2 is 1.87 bits per heavy atom. The van der Waals surface area contributed by atoms with Crippen LogP contribution in [0, 0.1) is 0 Å². The number of ketones is 1. The second-order valence-electron chi connectivity index (χ2n) is 7.77. The van der Waals surface area contributed by atoms with Gasteiger partial charge in [0.2, 0.25) is 0 Å². The number of aliphatic hydroxyl groups excluding tert-OH is 1. The minimum atomic E-state index is -0.799.